The predicted molar refractivity (Wildman–Crippen MR) is 80.0 cm³/mol. The number of halogens is 1. The molecule has 1 saturated carbocycles. The highest BCUT2D eigenvalue weighted by Crippen LogP contribution is 2.38. The van der Waals surface area contributed by atoms with Crippen molar-refractivity contribution in [1.29, 1.82) is 0 Å². The number of benzene rings is 1. The van der Waals surface area contributed by atoms with Gasteiger partial charge >= 0.3 is 0 Å². The second kappa shape index (κ2) is 5.27. The first-order valence-corrected chi connectivity index (χ1v) is 7.54. The summed E-state index contributed by atoms with van der Waals surface area (Å²) in [7, 11) is 0. The van der Waals surface area contributed by atoms with Crippen LogP contribution in [0.2, 0.25) is 0 Å². The van der Waals surface area contributed by atoms with E-state index in [4.69, 9.17) is 0 Å². The van der Waals surface area contributed by atoms with Gasteiger partial charge < -0.3 is 5.11 Å². The molecular weight excluding hydrogens is 323 g/mol. The van der Waals surface area contributed by atoms with E-state index in [-0.39, 0.29) is 0 Å². The average molecular weight is 344 g/mol. The summed E-state index contributed by atoms with van der Waals surface area (Å²) < 4.78 is 1.25. The summed E-state index contributed by atoms with van der Waals surface area (Å²) in [5.74, 6) is 1.07. The molecule has 0 radical (unpaired) electrons. The van der Waals surface area contributed by atoms with E-state index in [0.29, 0.717) is 11.8 Å². The minimum absolute atomic E-state index is 0.415. The molecule has 3 unspecified atom stereocenters. The van der Waals surface area contributed by atoms with E-state index >= 15 is 0 Å². The quantitative estimate of drug-likeness (QED) is 0.804. The van der Waals surface area contributed by atoms with Gasteiger partial charge in [0.15, 0.2) is 0 Å². The Labute approximate surface area is 118 Å². The lowest BCUT2D eigenvalue weighted by molar-refractivity contribution is -0.0560. The summed E-state index contributed by atoms with van der Waals surface area (Å²) in [4.78, 5) is 0. The van der Waals surface area contributed by atoms with Gasteiger partial charge in [-0.25, -0.2) is 0 Å². The maximum absolute atomic E-state index is 10.8. The highest BCUT2D eigenvalue weighted by atomic mass is 127. The molecule has 2 rings (SSSR count). The summed E-state index contributed by atoms with van der Waals surface area (Å²) in [5, 5.41) is 10.8. The van der Waals surface area contributed by atoms with Crippen molar-refractivity contribution in [2.45, 2.75) is 45.1 Å². The molecule has 3 atom stereocenters. The van der Waals surface area contributed by atoms with Crippen LogP contribution in [0.25, 0.3) is 0 Å². The van der Waals surface area contributed by atoms with E-state index in [2.05, 4.69) is 60.7 Å². The maximum atomic E-state index is 10.8. The largest absolute Gasteiger partial charge is 0.389 e. The third kappa shape index (κ3) is 3.22. The Kier molecular flexibility index (Phi) is 4.14. The van der Waals surface area contributed by atoms with E-state index in [9.17, 15) is 5.11 Å². The first-order valence-electron chi connectivity index (χ1n) is 6.46. The zero-order valence-corrected chi connectivity index (χ0v) is 12.8. The molecular formula is C15H21IO. The molecule has 2 heteroatoms. The molecule has 0 amide bonds. The standard InChI is InChI=1S/C15H21IO/c1-11-3-4-12(2)15(17,9-11)10-13-5-7-14(16)8-6-13/h5-8,11-12,17H,3-4,9-10H2,1-2H3. The fourth-order valence-corrected chi connectivity index (χ4v) is 3.27. The molecule has 1 aliphatic carbocycles. The van der Waals surface area contributed by atoms with Crippen LogP contribution < -0.4 is 0 Å². The topological polar surface area (TPSA) is 20.2 Å². The summed E-state index contributed by atoms with van der Waals surface area (Å²) in [6.07, 6.45) is 4.16. The van der Waals surface area contributed by atoms with Gasteiger partial charge in [-0.2, -0.15) is 0 Å². The van der Waals surface area contributed by atoms with Crippen molar-refractivity contribution in [2.24, 2.45) is 11.8 Å². The van der Waals surface area contributed by atoms with Gasteiger partial charge in [-0.1, -0.05) is 32.4 Å². The molecule has 0 heterocycles. The monoisotopic (exact) mass is 344 g/mol. The van der Waals surface area contributed by atoms with Gasteiger partial charge in [0.25, 0.3) is 0 Å². The summed E-state index contributed by atoms with van der Waals surface area (Å²) in [6.45, 7) is 4.45. The highest BCUT2D eigenvalue weighted by molar-refractivity contribution is 14.1. The molecule has 0 spiro atoms. The third-order valence-electron chi connectivity index (χ3n) is 4.14. The van der Waals surface area contributed by atoms with Crippen LogP contribution in [0, 0.1) is 15.4 Å². The Morgan fingerprint density at radius 2 is 1.88 bits per heavy atom. The number of hydrogen-bond acceptors (Lipinski definition) is 1. The zero-order chi connectivity index (χ0) is 12.5. The second-order valence-corrected chi connectivity index (χ2v) is 6.94. The van der Waals surface area contributed by atoms with E-state index in [1.54, 1.807) is 0 Å². The first-order chi connectivity index (χ1) is 7.99. The van der Waals surface area contributed by atoms with E-state index in [0.717, 1.165) is 19.3 Å². The normalized spacial score (nSPS) is 33.6. The van der Waals surface area contributed by atoms with Crippen LogP contribution in [0.5, 0.6) is 0 Å². The number of rotatable bonds is 2. The first kappa shape index (κ1) is 13.3. The Bertz CT molecular complexity index is 373. The number of aliphatic hydroxyl groups is 1. The van der Waals surface area contributed by atoms with Crippen molar-refractivity contribution >= 4 is 22.6 Å². The van der Waals surface area contributed by atoms with Gasteiger partial charge in [0.2, 0.25) is 0 Å². The average Bonchev–Trinajstić information content (AvgIpc) is 2.27. The summed E-state index contributed by atoms with van der Waals surface area (Å²) in [6, 6.07) is 8.53. The minimum Gasteiger partial charge on any atom is -0.389 e. The van der Waals surface area contributed by atoms with Crippen LogP contribution in [0.3, 0.4) is 0 Å². The molecule has 0 aromatic heterocycles. The van der Waals surface area contributed by atoms with Gasteiger partial charge in [-0.15, -0.1) is 0 Å². The van der Waals surface area contributed by atoms with Crippen LogP contribution in [-0.2, 0) is 6.42 Å². The lowest BCUT2D eigenvalue weighted by Crippen LogP contribution is -2.43. The van der Waals surface area contributed by atoms with Gasteiger partial charge in [0, 0.05) is 9.99 Å². The van der Waals surface area contributed by atoms with Crippen molar-refractivity contribution in [1.82, 2.24) is 0 Å². The molecule has 17 heavy (non-hydrogen) atoms. The van der Waals surface area contributed by atoms with E-state index in [1.807, 2.05) is 0 Å². The van der Waals surface area contributed by atoms with Crippen LogP contribution in [0.15, 0.2) is 24.3 Å². The molecule has 1 fully saturated rings. The predicted octanol–water partition coefficient (Wildman–Crippen LogP) is 4.02. The van der Waals surface area contributed by atoms with Crippen molar-refractivity contribution in [3.63, 3.8) is 0 Å². The molecule has 0 saturated heterocycles. The Hall–Kier alpha value is -0.0900. The molecule has 1 nitrogen and oxygen atoms in total. The maximum Gasteiger partial charge on any atom is 0.0715 e. The lowest BCUT2D eigenvalue weighted by Gasteiger charge is -2.41. The smallest absolute Gasteiger partial charge is 0.0715 e. The minimum atomic E-state index is -0.496. The number of hydrogen-bond donors (Lipinski definition) is 1. The van der Waals surface area contributed by atoms with Crippen molar-refractivity contribution in [3.05, 3.63) is 33.4 Å². The van der Waals surface area contributed by atoms with Crippen LogP contribution in [0.4, 0.5) is 0 Å². The third-order valence-corrected chi connectivity index (χ3v) is 4.85. The van der Waals surface area contributed by atoms with E-state index < -0.39 is 5.60 Å². The Morgan fingerprint density at radius 3 is 2.53 bits per heavy atom. The van der Waals surface area contributed by atoms with Gasteiger partial charge in [-0.05, 0) is 65.0 Å². The molecule has 1 N–H and O–H groups in total. The van der Waals surface area contributed by atoms with Gasteiger partial charge in [0.1, 0.15) is 0 Å². The van der Waals surface area contributed by atoms with Gasteiger partial charge in [0.05, 0.1) is 5.60 Å². The summed E-state index contributed by atoms with van der Waals surface area (Å²) >= 11 is 2.32. The van der Waals surface area contributed by atoms with E-state index in [1.165, 1.54) is 15.6 Å². The molecule has 94 valence electrons. The Morgan fingerprint density at radius 1 is 1.24 bits per heavy atom. The second-order valence-electron chi connectivity index (χ2n) is 5.69. The lowest BCUT2D eigenvalue weighted by atomic mass is 9.69. The Balaban J connectivity index is 2.12. The fourth-order valence-electron chi connectivity index (χ4n) is 2.91. The summed E-state index contributed by atoms with van der Waals surface area (Å²) in [5.41, 5.74) is 0.763. The highest BCUT2D eigenvalue weighted by Gasteiger charge is 2.38. The van der Waals surface area contributed by atoms with Crippen LogP contribution in [0.1, 0.15) is 38.7 Å². The molecule has 0 aliphatic heterocycles. The SMILES string of the molecule is CC1CCC(C)C(O)(Cc2ccc(I)cc2)C1. The molecule has 1 aromatic rings. The van der Waals surface area contributed by atoms with Crippen molar-refractivity contribution in [2.75, 3.05) is 0 Å². The van der Waals surface area contributed by atoms with Crippen molar-refractivity contribution in [3.8, 4) is 0 Å². The molecule has 0 bridgehead atoms. The molecule has 1 aliphatic rings. The van der Waals surface area contributed by atoms with Crippen LogP contribution >= 0.6 is 22.6 Å². The molecule has 1 aromatic carbocycles. The zero-order valence-electron chi connectivity index (χ0n) is 10.6. The van der Waals surface area contributed by atoms with Crippen LogP contribution in [-0.4, -0.2) is 10.7 Å². The van der Waals surface area contributed by atoms with Crippen molar-refractivity contribution < 1.29 is 5.11 Å². The fraction of sp³-hybridized carbons (Fsp3) is 0.600. The van der Waals surface area contributed by atoms with Gasteiger partial charge in [-0.3, -0.25) is 0 Å².